The van der Waals surface area contributed by atoms with Crippen molar-refractivity contribution in [3.8, 4) is 0 Å². The summed E-state index contributed by atoms with van der Waals surface area (Å²) in [6.45, 7) is 1.10. The lowest BCUT2D eigenvalue weighted by Gasteiger charge is -2.35. The van der Waals surface area contributed by atoms with Crippen LogP contribution in [-0.4, -0.2) is 42.3 Å². The standard InChI is InChI=1S/C8H18N2O/c1-10(6-8(11)5-9)7-3-2-4-7/h7-8,11H,2-6,9H2,1H3. The van der Waals surface area contributed by atoms with E-state index in [9.17, 15) is 5.11 Å². The Balaban J connectivity index is 2.13. The molecule has 0 spiro atoms. The molecule has 1 aliphatic carbocycles. The molecule has 1 fully saturated rings. The third-order valence-corrected chi connectivity index (χ3v) is 2.47. The first kappa shape index (κ1) is 8.97. The third kappa shape index (κ3) is 2.43. The second kappa shape index (κ2) is 4.04. The fourth-order valence-corrected chi connectivity index (χ4v) is 1.38. The summed E-state index contributed by atoms with van der Waals surface area (Å²) in [5.41, 5.74) is 5.30. The summed E-state index contributed by atoms with van der Waals surface area (Å²) in [5.74, 6) is 0. The van der Waals surface area contributed by atoms with E-state index >= 15 is 0 Å². The normalized spacial score (nSPS) is 21.8. The Hall–Kier alpha value is -0.120. The number of hydrogen-bond donors (Lipinski definition) is 2. The van der Waals surface area contributed by atoms with Gasteiger partial charge in [0, 0.05) is 19.1 Å². The van der Waals surface area contributed by atoms with Crippen LogP contribution in [0, 0.1) is 0 Å². The molecule has 0 heterocycles. The van der Waals surface area contributed by atoms with Crippen molar-refractivity contribution in [1.82, 2.24) is 4.90 Å². The van der Waals surface area contributed by atoms with Gasteiger partial charge < -0.3 is 15.7 Å². The van der Waals surface area contributed by atoms with E-state index in [0.29, 0.717) is 12.6 Å². The van der Waals surface area contributed by atoms with Gasteiger partial charge in [-0.2, -0.15) is 0 Å². The van der Waals surface area contributed by atoms with Gasteiger partial charge in [-0.1, -0.05) is 6.42 Å². The molecule has 66 valence electrons. The fraction of sp³-hybridized carbons (Fsp3) is 1.00. The third-order valence-electron chi connectivity index (χ3n) is 2.47. The van der Waals surface area contributed by atoms with Gasteiger partial charge >= 0.3 is 0 Å². The zero-order valence-electron chi connectivity index (χ0n) is 7.16. The van der Waals surface area contributed by atoms with Crippen LogP contribution in [0.15, 0.2) is 0 Å². The Morgan fingerprint density at radius 2 is 2.27 bits per heavy atom. The first-order valence-electron chi connectivity index (χ1n) is 4.32. The molecule has 0 radical (unpaired) electrons. The van der Waals surface area contributed by atoms with E-state index in [2.05, 4.69) is 11.9 Å². The Labute approximate surface area is 68.2 Å². The molecule has 0 amide bonds. The molecule has 11 heavy (non-hydrogen) atoms. The van der Waals surface area contributed by atoms with Crippen LogP contribution in [0.3, 0.4) is 0 Å². The summed E-state index contributed by atoms with van der Waals surface area (Å²) in [5, 5.41) is 9.23. The molecule has 3 N–H and O–H groups in total. The van der Waals surface area contributed by atoms with E-state index in [1.165, 1.54) is 19.3 Å². The molecule has 0 aromatic rings. The Bertz CT molecular complexity index is 115. The van der Waals surface area contributed by atoms with E-state index in [1.54, 1.807) is 0 Å². The van der Waals surface area contributed by atoms with Gasteiger partial charge in [-0.3, -0.25) is 0 Å². The maximum atomic E-state index is 9.23. The van der Waals surface area contributed by atoms with Gasteiger partial charge in [0.15, 0.2) is 0 Å². The SMILES string of the molecule is CN(CC(O)CN)C1CCC1. The highest BCUT2D eigenvalue weighted by Crippen LogP contribution is 2.23. The van der Waals surface area contributed by atoms with Crippen molar-refractivity contribution in [2.24, 2.45) is 5.73 Å². The maximum Gasteiger partial charge on any atom is 0.0789 e. The van der Waals surface area contributed by atoms with Crippen molar-refractivity contribution < 1.29 is 5.11 Å². The number of aliphatic hydroxyl groups is 1. The summed E-state index contributed by atoms with van der Waals surface area (Å²) in [7, 11) is 2.06. The summed E-state index contributed by atoms with van der Waals surface area (Å²) in [4.78, 5) is 2.21. The van der Waals surface area contributed by atoms with Crippen LogP contribution in [0.2, 0.25) is 0 Å². The number of hydrogen-bond acceptors (Lipinski definition) is 3. The van der Waals surface area contributed by atoms with Crippen LogP contribution in [0.25, 0.3) is 0 Å². The predicted molar refractivity (Wildman–Crippen MR) is 45.3 cm³/mol. The van der Waals surface area contributed by atoms with Gasteiger partial charge in [-0.25, -0.2) is 0 Å². The molecule has 0 aromatic carbocycles. The van der Waals surface area contributed by atoms with Crippen molar-refractivity contribution >= 4 is 0 Å². The van der Waals surface area contributed by atoms with E-state index in [1.807, 2.05) is 0 Å². The maximum absolute atomic E-state index is 9.23. The van der Waals surface area contributed by atoms with Crippen LogP contribution in [-0.2, 0) is 0 Å². The van der Waals surface area contributed by atoms with E-state index < -0.39 is 0 Å². The molecule has 1 saturated carbocycles. The monoisotopic (exact) mass is 158 g/mol. The van der Waals surface area contributed by atoms with Gasteiger partial charge in [0.1, 0.15) is 0 Å². The predicted octanol–water partition coefficient (Wildman–Crippen LogP) is -0.210. The number of nitrogens with zero attached hydrogens (tertiary/aromatic N) is 1. The van der Waals surface area contributed by atoms with Crippen LogP contribution in [0.5, 0.6) is 0 Å². The highest BCUT2D eigenvalue weighted by molar-refractivity contribution is 4.79. The Morgan fingerprint density at radius 1 is 1.64 bits per heavy atom. The quantitative estimate of drug-likeness (QED) is 0.595. The second-order valence-corrected chi connectivity index (χ2v) is 3.41. The molecule has 0 aliphatic heterocycles. The lowest BCUT2D eigenvalue weighted by molar-refractivity contribution is 0.0822. The average molecular weight is 158 g/mol. The minimum Gasteiger partial charge on any atom is -0.390 e. The van der Waals surface area contributed by atoms with Gasteiger partial charge in [-0.05, 0) is 19.9 Å². The molecule has 0 saturated heterocycles. The molecule has 3 nitrogen and oxygen atoms in total. The number of nitrogens with two attached hydrogens (primary N) is 1. The summed E-state index contributed by atoms with van der Waals surface area (Å²) in [6, 6.07) is 0.705. The van der Waals surface area contributed by atoms with E-state index in [4.69, 9.17) is 5.73 Å². The van der Waals surface area contributed by atoms with E-state index in [0.717, 1.165) is 6.54 Å². The molecular weight excluding hydrogens is 140 g/mol. The first-order chi connectivity index (χ1) is 5.24. The van der Waals surface area contributed by atoms with Crippen LogP contribution >= 0.6 is 0 Å². The number of aliphatic hydroxyl groups excluding tert-OH is 1. The molecule has 1 rings (SSSR count). The second-order valence-electron chi connectivity index (χ2n) is 3.41. The van der Waals surface area contributed by atoms with Crippen LogP contribution in [0.1, 0.15) is 19.3 Å². The zero-order chi connectivity index (χ0) is 8.27. The minimum absolute atomic E-state index is 0.347. The number of rotatable bonds is 4. The molecule has 1 unspecified atom stereocenters. The Morgan fingerprint density at radius 3 is 2.64 bits per heavy atom. The van der Waals surface area contributed by atoms with Crippen molar-refractivity contribution in [3.63, 3.8) is 0 Å². The molecule has 3 heteroatoms. The summed E-state index contributed by atoms with van der Waals surface area (Å²) < 4.78 is 0. The first-order valence-corrected chi connectivity index (χ1v) is 4.32. The zero-order valence-corrected chi connectivity index (χ0v) is 7.16. The van der Waals surface area contributed by atoms with Gasteiger partial charge in [0.05, 0.1) is 6.10 Å². The van der Waals surface area contributed by atoms with Crippen molar-refractivity contribution in [2.45, 2.75) is 31.4 Å². The lowest BCUT2D eigenvalue weighted by Crippen LogP contribution is -2.43. The largest absolute Gasteiger partial charge is 0.390 e. The fourth-order valence-electron chi connectivity index (χ4n) is 1.38. The van der Waals surface area contributed by atoms with Crippen LogP contribution in [0.4, 0.5) is 0 Å². The van der Waals surface area contributed by atoms with Gasteiger partial charge in [-0.15, -0.1) is 0 Å². The van der Waals surface area contributed by atoms with E-state index in [-0.39, 0.29) is 6.10 Å². The highest BCUT2D eigenvalue weighted by atomic mass is 16.3. The van der Waals surface area contributed by atoms with Gasteiger partial charge in [0.25, 0.3) is 0 Å². The molecule has 1 aliphatic rings. The lowest BCUT2D eigenvalue weighted by atomic mass is 9.92. The highest BCUT2D eigenvalue weighted by Gasteiger charge is 2.22. The van der Waals surface area contributed by atoms with Crippen molar-refractivity contribution in [3.05, 3.63) is 0 Å². The van der Waals surface area contributed by atoms with Gasteiger partial charge in [0.2, 0.25) is 0 Å². The topological polar surface area (TPSA) is 49.5 Å². The molecule has 0 bridgehead atoms. The van der Waals surface area contributed by atoms with Crippen LogP contribution < -0.4 is 5.73 Å². The average Bonchev–Trinajstić information content (AvgIpc) is 1.83. The van der Waals surface area contributed by atoms with Crippen molar-refractivity contribution in [1.29, 1.82) is 0 Å². The minimum atomic E-state index is -0.347. The van der Waals surface area contributed by atoms with Crippen molar-refractivity contribution in [2.75, 3.05) is 20.1 Å². The molecular formula is C8H18N2O. The molecule has 1 atom stereocenters. The number of likely N-dealkylation sites (N-methyl/N-ethyl adjacent to an activating group) is 1. The smallest absolute Gasteiger partial charge is 0.0789 e. The summed E-state index contributed by atoms with van der Waals surface area (Å²) in [6.07, 6.45) is 3.57. The molecule has 0 aromatic heterocycles. The Kier molecular flexibility index (Phi) is 3.30. The summed E-state index contributed by atoms with van der Waals surface area (Å²) >= 11 is 0.